The SMILES string of the molecule is Cc1cccc(C(C)c2cn(C(=O)c3ccccc3)cn2)c1C. The smallest absolute Gasteiger partial charge is 0.263 e. The number of rotatable bonds is 3. The molecule has 116 valence electrons. The van der Waals surface area contributed by atoms with Crippen LogP contribution >= 0.6 is 0 Å². The van der Waals surface area contributed by atoms with Gasteiger partial charge in [-0.25, -0.2) is 4.98 Å². The van der Waals surface area contributed by atoms with Gasteiger partial charge in [0.25, 0.3) is 5.91 Å². The van der Waals surface area contributed by atoms with Crippen LogP contribution in [0.5, 0.6) is 0 Å². The van der Waals surface area contributed by atoms with Crippen LogP contribution in [0, 0.1) is 13.8 Å². The number of carbonyl (C=O) groups is 1. The summed E-state index contributed by atoms with van der Waals surface area (Å²) < 4.78 is 1.56. The lowest BCUT2D eigenvalue weighted by Crippen LogP contribution is -2.09. The fourth-order valence-corrected chi connectivity index (χ4v) is 2.80. The van der Waals surface area contributed by atoms with Gasteiger partial charge in [-0.1, -0.05) is 43.3 Å². The standard InChI is InChI=1S/C20H20N2O/c1-14-8-7-11-18(15(14)2)16(3)19-12-22(13-21-19)20(23)17-9-5-4-6-10-17/h4-13,16H,1-3H3. The molecule has 3 heteroatoms. The van der Waals surface area contributed by atoms with Crippen LogP contribution in [-0.2, 0) is 0 Å². The van der Waals surface area contributed by atoms with E-state index in [9.17, 15) is 4.79 Å². The fraction of sp³-hybridized carbons (Fsp3) is 0.200. The van der Waals surface area contributed by atoms with E-state index in [-0.39, 0.29) is 11.8 Å². The van der Waals surface area contributed by atoms with Crippen LogP contribution in [0.2, 0.25) is 0 Å². The van der Waals surface area contributed by atoms with Gasteiger partial charge in [-0.2, -0.15) is 0 Å². The zero-order valence-electron chi connectivity index (χ0n) is 13.7. The molecule has 1 heterocycles. The van der Waals surface area contributed by atoms with Gasteiger partial charge in [0.05, 0.1) is 5.69 Å². The summed E-state index contributed by atoms with van der Waals surface area (Å²) in [5.41, 5.74) is 5.37. The second kappa shape index (κ2) is 6.21. The van der Waals surface area contributed by atoms with E-state index in [2.05, 4.69) is 44.0 Å². The highest BCUT2D eigenvalue weighted by atomic mass is 16.2. The number of hydrogen-bond acceptors (Lipinski definition) is 2. The van der Waals surface area contributed by atoms with E-state index in [1.54, 1.807) is 10.9 Å². The number of aromatic nitrogens is 2. The van der Waals surface area contributed by atoms with Gasteiger partial charge in [0.2, 0.25) is 0 Å². The number of nitrogens with zero attached hydrogens (tertiary/aromatic N) is 2. The lowest BCUT2D eigenvalue weighted by atomic mass is 9.92. The third kappa shape index (κ3) is 2.95. The van der Waals surface area contributed by atoms with Gasteiger partial charge in [0, 0.05) is 17.7 Å². The van der Waals surface area contributed by atoms with Crippen LogP contribution in [0.1, 0.15) is 45.6 Å². The summed E-state index contributed by atoms with van der Waals surface area (Å²) in [4.78, 5) is 16.9. The van der Waals surface area contributed by atoms with Gasteiger partial charge in [-0.3, -0.25) is 9.36 Å². The van der Waals surface area contributed by atoms with Crippen LogP contribution in [0.4, 0.5) is 0 Å². The van der Waals surface area contributed by atoms with Gasteiger partial charge in [0.15, 0.2) is 0 Å². The highest BCUT2D eigenvalue weighted by Crippen LogP contribution is 2.27. The first kappa shape index (κ1) is 15.2. The molecule has 0 aliphatic rings. The summed E-state index contributed by atoms with van der Waals surface area (Å²) in [5.74, 6) is 0.0947. The second-order valence-electron chi connectivity index (χ2n) is 5.89. The predicted octanol–water partition coefficient (Wildman–Crippen LogP) is 4.34. The molecule has 1 unspecified atom stereocenters. The van der Waals surface area contributed by atoms with E-state index in [0.717, 1.165) is 5.69 Å². The molecule has 3 aromatic rings. The predicted molar refractivity (Wildman–Crippen MR) is 91.8 cm³/mol. The number of hydrogen-bond donors (Lipinski definition) is 0. The molecule has 23 heavy (non-hydrogen) atoms. The summed E-state index contributed by atoms with van der Waals surface area (Å²) >= 11 is 0. The normalized spacial score (nSPS) is 12.1. The van der Waals surface area contributed by atoms with Crippen molar-refractivity contribution >= 4 is 5.91 Å². The summed E-state index contributed by atoms with van der Waals surface area (Å²) in [5, 5.41) is 0. The first-order valence-electron chi connectivity index (χ1n) is 7.77. The lowest BCUT2D eigenvalue weighted by molar-refractivity contribution is 0.0959. The van der Waals surface area contributed by atoms with Crippen molar-refractivity contribution in [3.63, 3.8) is 0 Å². The number of benzene rings is 2. The Labute approximate surface area is 136 Å². The van der Waals surface area contributed by atoms with Crippen molar-refractivity contribution in [1.29, 1.82) is 0 Å². The van der Waals surface area contributed by atoms with Crippen LogP contribution in [0.3, 0.4) is 0 Å². The summed E-state index contributed by atoms with van der Waals surface area (Å²) in [6.45, 7) is 6.37. The molecule has 0 saturated carbocycles. The second-order valence-corrected chi connectivity index (χ2v) is 5.89. The van der Waals surface area contributed by atoms with Crippen molar-refractivity contribution < 1.29 is 4.79 Å². The molecule has 0 aliphatic heterocycles. The summed E-state index contributed by atoms with van der Waals surface area (Å²) in [7, 11) is 0. The Kier molecular flexibility index (Phi) is 4.11. The Morgan fingerprint density at radius 2 is 1.78 bits per heavy atom. The van der Waals surface area contributed by atoms with E-state index in [1.165, 1.54) is 16.7 Å². The van der Waals surface area contributed by atoms with Crippen LogP contribution in [0.15, 0.2) is 61.1 Å². The van der Waals surface area contributed by atoms with E-state index in [1.807, 2.05) is 36.5 Å². The lowest BCUT2D eigenvalue weighted by Gasteiger charge is -2.14. The molecule has 0 spiro atoms. The Morgan fingerprint density at radius 3 is 2.52 bits per heavy atom. The van der Waals surface area contributed by atoms with Crippen molar-refractivity contribution in [2.75, 3.05) is 0 Å². The third-order valence-electron chi connectivity index (χ3n) is 4.41. The Balaban J connectivity index is 1.90. The van der Waals surface area contributed by atoms with Crippen LogP contribution in [0.25, 0.3) is 0 Å². The molecular weight excluding hydrogens is 284 g/mol. The molecule has 1 atom stereocenters. The number of aryl methyl sites for hydroxylation is 1. The maximum atomic E-state index is 12.5. The molecule has 3 rings (SSSR count). The fourth-order valence-electron chi connectivity index (χ4n) is 2.80. The molecule has 0 amide bonds. The molecule has 1 aromatic heterocycles. The van der Waals surface area contributed by atoms with Gasteiger partial charge in [-0.05, 0) is 42.7 Å². The first-order valence-corrected chi connectivity index (χ1v) is 7.77. The zero-order chi connectivity index (χ0) is 16.4. The molecule has 0 fully saturated rings. The number of carbonyl (C=O) groups excluding carboxylic acids is 1. The van der Waals surface area contributed by atoms with Gasteiger partial charge < -0.3 is 0 Å². The maximum absolute atomic E-state index is 12.5. The largest absolute Gasteiger partial charge is 0.272 e. The molecule has 0 N–H and O–H groups in total. The maximum Gasteiger partial charge on any atom is 0.263 e. The van der Waals surface area contributed by atoms with E-state index >= 15 is 0 Å². The first-order chi connectivity index (χ1) is 11.1. The highest BCUT2D eigenvalue weighted by molar-refractivity contribution is 5.95. The van der Waals surface area contributed by atoms with E-state index in [4.69, 9.17) is 0 Å². The minimum absolute atomic E-state index is 0.0579. The van der Waals surface area contributed by atoms with Crippen LogP contribution < -0.4 is 0 Å². The molecule has 3 nitrogen and oxygen atoms in total. The molecule has 0 radical (unpaired) electrons. The minimum atomic E-state index is -0.0579. The van der Waals surface area contributed by atoms with E-state index < -0.39 is 0 Å². The van der Waals surface area contributed by atoms with Gasteiger partial charge in [0.1, 0.15) is 6.33 Å². The molecule has 0 aliphatic carbocycles. The summed E-state index contributed by atoms with van der Waals surface area (Å²) in [6.07, 6.45) is 3.44. The monoisotopic (exact) mass is 304 g/mol. The third-order valence-corrected chi connectivity index (χ3v) is 4.41. The Hall–Kier alpha value is -2.68. The van der Waals surface area contributed by atoms with Crippen molar-refractivity contribution in [3.8, 4) is 0 Å². The minimum Gasteiger partial charge on any atom is -0.272 e. The van der Waals surface area contributed by atoms with Crippen molar-refractivity contribution in [1.82, 2.24) is 9.55 Å². The molecule has 0 saturated heterocycles. The van der Waals surface area contributed by atoms with Gasteiger partial charge in [-0.15, -0.1) is 0 Å². The Bertz CT molecular complexity index is 834. The van der Waals surface area contributed by atoms with Crippen molar-refractivity contribution in [2.24, 2.45) is 0 Å². The van der Waals surface area contributed by atoms with E-state index in [0.29, 0.717) is 5.56 Å². The van der Waals surface area contributed by atoms with Crippen LogP contribution in [-0.4, -0.2) is 15.5 Å². The van der Waals surface area contributed by atoms with Gasteiger partial charge >= 0.3 is 0 Å². The molecule has 0 bridgehead atoms. The molecular formula is C20H20N2O. The molecule has 2 aromatic carbocycles. The van der Waals surface area contributed by atoms with Crippen molar-refractivity contribution in [2.45, 2.75) is 26.7 Å². The number of imidazole rings is 1. The Morgan fingerprint density at radius 1 is 1.04 bits per heavy atom. The summed E-state index contributed by atoms with van der Waals surface area (Å²) in [6, 6.07) is 15.6. The highest BCUT2D eigenvalue weighted by Gasteiger charge is 2.16. The topological polar surface area (TPSA) is 34.9 Å². The quantitative estimate of drug-likeness (QED) is 0.721. The average molecular weight is 304 g/mol. The average Bonchev–Trinajstić information content (AvgIpc) is 3.07. The van der Waals surface area contributed by atoms with Crippen molar-refractivity contribution in [3.05, 3.63) is 89.0 Å². The zero-order valence-corrected chi connectivity index (χ0v) is 13.7.